The molecule has 0 fully saturated rings. The maximum Gasteiger partial charge on any atom is 0.305 e. The van der Waals surface area contributed by atoms with Crippen molar-refractivity contribution in [1.82, 2.24) is 4.98 Å². The van der Waals surface area contributed by atoms with E-state index in [1.807, 2.05) is 24.0 Å². The first-order chi connectivity index (χ1) is 15.5. The number of aromatic nitrogens is 1. The highest BCUT2D eigenvalue weighted by molar-refractivity contribution is 7.92. The molecule has 0 aliphatic rings. The summed E-state index contributed by atoms with van der Waals surface area (Å²) in [5.41, 5.74) is 3.42. The highest BCUT2D eigenvalue weighted by Gasteiger charge is 2.23. The molecule has 7 nitrogen and oxygen atoms in total. The van der Waals surface area contributed by atoms with Crippen molar-refractivity contribution in [2.24, 2.45) is 0 Å². The number of hydrogen-bond donors (Lipinski definition) is 2. The monoisotopic (exact) mass is 465 g/mol. The molecule has 33 heavy (non-hydrogen) atoms. The first-order valence-electron chi connectivity index (χ1n) is 10.4. The Labute approximate surface area is 194 Å². The van der Waals surface area contributed by atoms with E-state index in [-0.39, 0.29) is 23.9 Å². The van der Waals surface area contributed by atoms with Crippen LogP contribution in [0.2, 0.25) is 0 Å². The number of rotatable bonds is 8. The second-order valence-electron chi connectivity index (χ2n) is 8.17. The molecule has 0 aliphatic carbocycles. The van der Waals surface area contributed by atoms with Crippen LogP contribution in [0.15, 0.2) is 47.6 Å². The minimum atomic E-state index is -3.86. The van der Waals surface area contributed by atoms with Crippen LogP contribution in [-0.4, -0.2) is 37.1 Å². The lowest BCUT2D eigenvalue weighted by Gasteiger charge is -2.30. The Hall–Kier alpha value is -3.57. The van der Waals surface area contributed by atoms with E-state index in [0.717, 1.165) is 10.9 Å². The van der Waals surface area contributed by atoms with E-state index in [1.165, 1.54) is 0 Å². The number of fused-ring (bicyclic) bond motifs is 1. The molecule has 3 aromatic rings. The third-order valence-electron chi connectivity index (χ3n) is 5.49. The quantitative estimate of drug-likeness (QED) is 0.482. The molecule has 1 aromatic heterocycles. The van der Waals surface area contributed by atoms with Gasteiger partial charge in [-0.05, 0) is 57.0 Å². The van der Waals surface area contributed by atoms with E-state index >= 15 is 0 Å². The summed E-state index contributed by atoms with van der Waals surface area (Å²) < 4.78 is 29.3. The van der Waals surface area contributed by atoms with Crippen molar-refractivity contribution in [1.29, 1.82) is 0 Å². The van der Waals surface area contributed by atoms with E-state index in [9.17, 15) is 18.3 Å². The number of carboxylic acids is 1. The van der Waals surface area contributed by atoms with Crippen LogP contribution in [0.25, 0.3) is 10.8 Å². The Balaban J connectivity index is 2.11. The van der Waals surface area contributed by atoms with E-state index in [4.69, 9.17) is 6.42 Å². The molecule has 0 unspecified atom stereocenters. The average Bonchev–Trinajstić information content (AvgIpc) is 2.71. The molecule has 0 aliphatic heterocycles. The fourth-order valence-corrected chi connectivity index (χ4v) is 5.78. The summed E-state index contributed by atoms with van der Waals surface area (Å²) in [5.74, 6) is 1.66. The Kier molecular flexibility index (Phi) is 6.94. The lowest BCUT2D eigenvalue weighted by Crippen LogP contribution is -2.35. The summed E-state index contributed by atoms with van der Waals surface area (Å²) in [6.45, 7) is 7.48. The van der Waals surface area contributed by atoms with Gasteiger partial charge in [-0.2, -0.15) is 0 Å². The van der Waals surface area contributed by atoms with Gasteiger partial charge in [0.1, 0.15) is 0 Å². The van der Waals surface area contributed by atoms with Crippen molar-refractivity contribution < 1.29 is 18.3 Å². The molecule has 2 aromatic carbocycles. The molecule has 0 spiro atoms. The van der Waals surface area contributed by atoms with Crippen molar-refractivity contribution in [3.63, 3.8) is 0 Å². The molecular formula is C25H27N3O4S. The van der Waals surface area contributed by atoms with Gasteiger partial charge in [0.15, 0.2) is 0 Å². The van der Waals surface area contributed by atoms with Gasteiger partial charge in [-0.15, -0.1) is 6.42 Å². The lowest BCUT2D eigenvalue weighted by molar-refractivity contribution is -0.137. The van der Waals surface area contributed by atoms with Crippen LogP contribution < -0.4 is 9.62 Å². The topological polar surface area (TPSA) is 99.6 Å². The van der Waals surface area contributed by atoms with Crippen LogP contribution in [0.1, 0.15) is 30.0 Å². The third-order valence-corrected chi connectivity index (χ3v) is 7.16. The van der Waals surface area contributed by atoms with Crippen molar-refractivity contribution in [3.8, 4) is 12.3 Å². The van der Waals surface area contributed by atoms with Gasteiger partial charge in [-0.25, -0.2) is 8.42 Å². The maximum atomic E-state index is 13.3. The van der Waals surface area contributed by atoms with Crippen LogP contribution in [0.5, 0.6) is 0 Å². The van der Waals surface area contributed by atoms with Crippen molar-refractivity contribution in [3.05, 3.63) is 59.4 Å². The van der Waals surface area contributed by atoms with Gasteiger partial charge in [0.25, 0.3) is 10.0 Å². The second kappa shape index (κ2) is 9.51. The zero-order valence-corrected chi connectivity index (χ0v) is 19.9. The summed E-state index contributed by atoms with van der Waals surface area (Å²) in [6, 6.07) is 8.49. The molecule has 0 amide bonds. The predicted molar refractivity (Wildman–Crippen MR) is 131 cm³/mol. The van der Waals surface area contributed by atoms with Crippen LogP contribution in [-0.2, 0) is 14.8 Å². The number of anilines is 2. The predicted octanol–water partition coefficient (Wildman–Crippen LogP) is 4.26. The number of pyridine rings is 1. The number of carboxylic acid groups (broad SMARTS) is 1. The summed E-state index contributed by atoms with van der Waals surface area (Å²) in [7, 11) is -3.86. The van der Waals surface area contributed by atoms with Gasteiger partial charge in [0, 0.05) is 34.9 Å². The normalized spacial score (nSPS) is 12.2. The lowest BCUT2D eigenvalue weighted by atomic mass is 10.1. The summed E-state index contributed by atoms with van der Waals surface area (Å²) in [4.78, 5) is 17.5. The molecule has 0 saturated heterocycles. The number of terminal acetylenes is 1. The molecule has 0 radical (unpaired) electrons. The van der Waals surface area contributed by atoms with Gasteiger partial charge >= 0.3 is 5.97 Å². The molecule has 1 atom stereocenters. The number of nitrogens with one attached hydrogen (secondary N) is 1. The largest absolute Gasteiger partial charge is 0.481 e. The Morgan fingerprint density at radius 3 is 2.45 bits per heavy atom. The number of aryl methyl sites for hydroxylation is 3. The van der Waals surface area contributed by atoms with Crippen molar-refractivity contribution in [2.45, 2.75) is 45.1 Å². The van der Waals surface area contributed by atoms with Crippen LogP contribution in [0.4, 0.5) is 11.4 Å². The summed E-state index contributed by atoms with van der Waals surface area (Å²) >= 11 is 0. The number of carbonyl (C=O) groups is 1. The number of benzene rings is 2. The summed E-state index contributed by atoms with van der Waals surface area (Å²) in [6.07, 6.45) is 8.65. The molecule has 0 saturated carbocycles. The Bertz CT molecular complexity index is 1340. The SMILES string of the molecule is C#CCN(c1ccc(NS(=O)(=O)c2c(C)cc(C)cc2C)c2cnccc12)[C@@H](C)CC(=O)O. The number of hydrogen-bond acceptors (Lipinski definition) is 5. The zero-order valence-electron chi connectivity index (χ0n) is 19.1. The molecule has 172 valence electrons. The van der Waals surface area contributed by atoms with Crippen LogP contribution in [0, 0.1) is 33.1 Å². The second-order valence-corrected chi connectivity index (χ2v) is 9.79. The van der Waals surface area contributed by atoms with Gasteiger partial charge in [0.05, 0.1) is 23.5 Å². The number of aliphatic carboxylic acids is 1. The average molecular weight is 466 g/mol. The minimum Gasteiger partial charge on any atom is -0.481 e. The molecular weight excluding hydrogens is 438 g/mol. The molecule has 1 heterocycles. The van der Waals surface area contributed by atoms with Gasteiger partial charge in [-0.3, -0.25) is 14.5 Å². The standard InChI is InChI=1S/C25H27N3O4S/c1-6-11-28(19(5)14-24(29)30)23-8-7-22(21-15-26-10-9-20(21)23)27-33(31,32)25-17(3)12-16(2)13-18(25)4/h1,7-10,12-13,15,19,27H,11,14H2,2-5H3,(H,29,30)/t19-/m0/s1. The van der Waals surface area contributed by atoms with Crippen LogP contribution in [0.3, 0.4) is 0 Å². The summed E-state index contributed by atoms with van der Waals surface area (Å²) in [5, 5.41) is 10.5. The first kappa shape index (κ1) is 24.1. The van der Waals surface area contributed by atoms with Crippen molar-refractivity contribution >= 4 is 38.1 Å². The first-order valence-corrected chi connectivity index (χ1v) is 11.9. The van der Waals surface area contributed by atoms with Gasteiger partial charge in [0.2, 0.25) is 0 Å². The minimum absolute atomic E-state index is 0.0887. The van der Waals surface area contributed by atoms with E-state index in [2.05, 4.69) is 15.6 Å². The number of nitrogens with zero attached hydrogens (tertiary/aromatic N) is 2. The maximum absolute atomic E-state index is 13.3. The number of sulfonamides is 1. The van der Waals surface area contributed by atoms with Crippen molar-refractivity contribution in [2.75, 3.05) is 16.2 Å². The Morgan fingerprint density at radius 2 is 1.85 bits per heavy atom. The van der Waals surface area contributed by atoms with Gasteiger partial charge in [-0.1, -0.05) is 23.6 Å². The van der Waals surface area contributed by atoms with Gasteiger partial charge < -0.3 is 10.0 Å². The molecule has 3 rings (SSSR count). The fourth-order valence-electron chi connectivity index (χ4n) is 4.24. The highest BCUT2D eigenvalue weighted by Crippen LogP contribution is 2.35. The van der Waals surface area contributed by atoms with E-state index in [0.29, 0.717) is 27.9 Å². The zero-order chi connectivity index (χ0) is 24.3. The van der Waals surface area contributed by atoms with E-state index < -0.39 is 16.0 Å². The molecule has 0 bridgehead atoms. The highest BCUT2D eigenvalue weighted by atomic mass is 32.2. The van der Waals surface area contributed by atoms with E-state index in [1.54, 1.807) is 51.4 Å². The third kappa shape index (κ3) is 5.10. The molecule has 2 N–H and O–H groups in total. The smallest absolute Gasteiger partial charge is 0.305 e. The Morgan fingerprint density at radius 1 is 1.18 bits per heavy atom. The van der Waals surface area contributed by atoms with Crippen LogP contribution >= 0.6 is 0 Å². The molecule has 8 heteroatoms. The fraction of sp³-hybridized carbons (Fsp3) is 0.280.